The summed E-state index contributed by atoms with van der Waals surface area (Å²) in [5, 5.41) is 9.62. The van der Waals surface area contributed by atoms with Crippen molar-refractivity contribution >= 4 is 11.9 Å². The average molecular weight is 402 g/mol. The van der Waals surface area contributed by atoms with Crippen LogP contribution in [0.3, 0.4) is 0 Å². The maximum Gasteiger partial charge on any atom is 0.233 e. The van der Waals surface area contributed by atoms with Gasteiger partial charge in [0.25, 0.3) is 0 Å². The second-order valence-electron chi connectivity index (χ2n) is 7.84. The van der Waals surface area contributed by atoms with Gasteiger partial charge in [-0.3, -0.25) is 9.69 Å². The number of hydrogen-bond acceptors (Lipinski definition) is 4. The van der Waals surface area contributed by atoms with Crippen molar-refractivity contribution < 1.29 is 9.53 Å². The number of amides is 1. The monoisotopic (exact) mass is 401 g/mol. The molecule has 2 fully saturated rings. The molecular weight excluding hydrogens is 366 g/mol. The van der Waals surface area contributed by atoms with Crippen molar-refractivity contribution in [1.29, 1.82) is 0 Å². The number of benzene rings is 1. The normalized spacial score (nSPS) is 18.8. The molecule has 1 aromatic carbocycles. The maximum atomic E-state index is 11.6. The van der Waals surface area contributed by atoms with Gasteiger partial charge in [-0.2, -0.15) is 0 Å². The van der Waals surface area contributed by atoms with Gasteiger partial charge in [-0.15, -0.1) is 0 Å². The fraction of sp³-hybridized carbons (Fsp3) is 0.636. The Labute approximate surface area is 174 Å². The Morgan fingerprint density at radius 3 is 2.62 bits per heavy atom. The van der Waals surface area contributed by atoms with Crippen LogP contribution >= 0.6 is 0 Å². The number of nitrogens with one attached hydrogen (secondary N) is 3. The number of rotatable bonds is 8. The smallest absolute Gasteiger partial charge is 0.233 e. The largest absolute Gasteiger partial charge is 0.490 e. The highest BCUT2D eigenvalue weighted by atomic mass is 16.5. The third-order valence-corrected chi connectivity index (χ3v) is 5.64. The van der Waals surface area contributed by atoms with Crippen molar-refractivity contribution in [1.82, 2.24) is 20.9 Å². The van der Waals surface area contributed by atoms with Gasteiger partial charge in [-0.05, 0) is 45.1 Å². The van der Waals surface area contributed by atoms with Gasteiger partial charge < -0.3 is 20.7 Å². The minimum atomic E-state index is 0.0779. The first kappa shape index (κ1) is 21.4. The quantitative estimate of drug-likeness (QED) is 0.458. The van der Waals surface area contributed by atoms with E-state index in [0.29, 0.717) is 25.2 Å². The van der Waals surface area contributed by atoms with Crippen LogP contribution in [0.2, 0.25) is 0 Å². The molecule has 3 rings (SSSR count). The van der Waals surface area contributed by atoms with Crippen LogP contribution in [0.15, 0.2) is 29.3 Å². The van der Waals surface area contributed by atoms with E-state index >= 15 is 0 Å². The molecule has 1 amide bonds. The van der Waals surface area contributed by atoms with Crippen LogP contribution in [0.25, 0.3) is 0 Å². The predicted octanol–water partition coefficient (Wildman–Crippen LogP) is 1.88. The lowest BCUT2D eigenvalue weighted by Gasteiger charge is -2.32. The van der Waals surface area contributed by atoms with Gasteiger partial charge in [0.05, 0.1) is 19.2 Å². The molecule has 0 bridgehead atoms. The molecule has 1 saturated heterocycles. The van der Waals surface area contributed by atoms with Crippen molar-refractivity contribution in [3.05, 3.63) is 29.8 Å². The van der Waals surface area contributed by atoms with E-state index in [9.17, 15) is 4.79 Å². The number of likely N-dealkylation sites (tertiary alicyclic amines) is 1. The van der Waals surface area contributed by atoms with Crippen molar-refractivity contribution in [3.8, 4) is 5.75 Å². The maximum absolute atomic E-state index is 11.6. The van der Waals surface area contributed by atoms with Crippen molar-refractivity contribution in [2.24, 2.45) is 4.99 Å². The Morgan fingerprint density at radius 1 is 1.21 bits per heavy atom. The molecule has 0 aromatic heterocycles. The number of ether oxygens (including phenoxy) is 1. The fourth-order valence-electron chi connectivity index (χ4n) is 3.61. The number of hydrogen-bond donors (Lipinski definition) is 3. The molecule has 0 spiro atoms. The lowest BCUT2D eigenvalue weighted by Crippen LogP contribution is -2.50. The summed E-state index contributed by atoms with van der Waals surface area (Å²) < 4.78 is 6.13. The van der Waals surface area contributed by atoms with E-state index in [4.69, 9.17) is 9.73 Å². The number of para-hydroxylation sites is 1. The molecule has 160 valence electrons. The van der Waals surface area contributed by atoms with E-state index in [-0.39, 0.29) is 5.91 Å². The lowest BCUT2D eigenvalue weighted by molar-refractivity contribution is -0.122. The first-order valence-corrected chi connectivity index (χ1v) is 10.9. The molecule has 3 N–H and O–H groups in total. The summed E-state index contributed by atoms with van der Waals surface area (Å²) in [5.74, 6) is 1.88. The van der Waals surface area contributed by atoms with Crippen LogP contribution in [0.5, 0.6) is 5.75 Å². The molecule has 2 aliphatic rings. The zero-order valence-corrected chi connectivity index (χ0v) is 17.7. The molecule has 1 heterocycles. The topological polar surface area (TPSA) is 78.0 Å². The van der Waals surface area contributed by atoms with Crippen LogP contribution < -0.4 is 20.7 Å². The molecule has 1 aliphatic carbocycles. The minimum Gasteiger partial charge on any atom is -0.490 e. The van der Waals surface area contributed by atoms with Crippen LogP contribution in [0.1, 0.15) is 44.6 Å². The lowest BCUT2D eigenvalue weighted by atomic mass is 9.96. The number of aliphatic imine (C=N–C) groups is 1. The van der Waals surface area contributed by atoms with E-state index in [1.807, 2.05) is 18.2 Å². The molecule has 7 nitrogen and oxygen atoms in total. The summed E-state index contributed by atoms with van der Waals surface area (Å²) in [4.78, 5) is 18.6. The molecule has 0 radical (unpaired) electrons. The predicted molar refractivity (Wildman–Crippen MR) is 116 cm³/mol. The fourth-order valence-corrected chi connectivity index (χ4v) is 3.61. The molecule has 1 aromatic rings. The highest BCUT2D eigenvalue weighted by molar-refractivity contribution is 5.80. The molecule has 29 heavy (non-hydrogen) atoms. The molecule has 0 unspecified atom stereocenters. The zero-order chi connectivity index (χ0) is 20.5. The van der Waals surface area contributed by atoms with Crippen molar-refractivity contribution in [2.75, 3.05) is 33.2 Å². The van der Waals surface area contributed by atoms with E-state index in [0.717, 1.165) is 62.6 Å². The van der Waals surface area contributed by atoms with Gasteiger partial charge >= 0.3 is 0 Å². The van der Waals surface area contributed by atoms with Crippen molar-refractivity contribution in [2.45, 2.75) is 57.7 Å². The average Bonchev–Trinajstić information content (AvgIpc) is 2.71. The number of carbonyl (C=O) groups excluding carboxylic acids is 1. The van der Waals surface area contributed by atoms with Gasteiger partial charge in [0.1, 0.15) is 5.75 Å². The SMILES string of the molecule is CCNC(=NCc1ccccc1OC1CCC1)NC1CCN(CC(=O)NC)CC1. The zero-order valence-electron chi connectivity index (χ0n) is 17.7. The third kappa shape index (κ3) is 6.63. The van der Waals surface area contributed by atoms with E-state index in [1.54, 1.807) is 7.05 Å². The summed E-state index contributed by atoms with van der Waals surface area (Å²) in [6.45, 7) is 5.81. The molecule has 7 heteroatoms. The summed E-state index contributed by atoms with van der Waals surface area (Å²) in [7, 11) is 1.69. The number of guanidine groups is 1. The number of piperidine rings is 1. The van der Waals surface area contributed by atoms with E-state index < -0.39 is 0 Å². The Morgan fingerprint density at radius 2 is 1.97 bits per heavy atom. The highest BCUT2D eigenvalue weighted by Gasteiger charge is 2.22. The van der Waals surface area contributed by atoms with Gasteiger partial charge in [-0.1, -0.05) is 18.2 Å². The first-order valence-electron chi connectivity index (χ1n) is 10.9. The van der Waals surface area contributed by atoms with Crippen LogP contribution in [0, 0.1) is 0 Å². The second kappa shape index (κ2) is 11.0. The molecule has 1 aliphatic heterocycles. The second-order valence-corrected chi connectivity index (χ2v) is 7.84. The molecular formula is C22H35N5O2. The first-order chi connectivity index (χ1) is 14.2. The van der Waals surface area contributed by atoms with Crippen LogP contribution in [-0.2, 0) is 11.3 Å². The Balaban J connectivity index is 1.53. The number of likely N-dealkylation sites (N-methyl/N-ethyl adjacent to an activating group) is 1. The van der Waals surface area contributed by atoms with Crippen molar-refractivity contribution in [3.63, 3.8) is 0 Å². The minimum absolute atomic E-state index is 0.0779. The van der Waals surface area contributed by atoms with E-state index in [1.165, 1.54) is 6.42 Å². The summed E-state index contributed by atoms with van der Waals surface area (Å²) in [5.41, 5.74) is 1.12. The van der Waals surface area contributed by atoms with Gasteiger partial charge in [0.2, 0.25) is 5.91 Å². The van der Waals surface area contributed by atoms with Gasteiger partial charge in [-0.25, -0.2) is 4.99 Å². The van der Waals surface area contributed by atoms with E-state index in [2.05, 4.69) is 33.8 Å². The highest BCUT2D eigenvalue weighted by Crippen LogP contribution is 2.27. The standard InChI is InChI=1S/C22H35N5O2/c1-3-24-22(26-18-11-13-27(14-12-18)16-21(28)23-2)25-15-17-7-4-5-10-20(17)29-19-8-6-9-19/h4-5,7,10,18-19H,3,6,8-9,11-16H2,1-2H3,(H,23,28)(H2,24,25,26). The van der Waals surface area contributed by atoms with Crippen LogP contribution in [-0.4, -0.2) is 62.1 Å². The Kier molecular flexibility index (Phi) is 8.16. The number of carbonyl (C=O) groups is 1. The molecule has 0 atom stereocenters. The van der Waals surface area contributed by atoms with Gasteiger partial charge in [0.15, 0.2) is 5.96 Å². The third-order valence-electron chi connectivity index (χ3n) is 5.64. The van der Waals surface area contributed by atoms with Crippen LogP contribution in [0.4, 0.5) is 0 Å². The summed E-state index contributed by atoms with van der Waals surface area (Å²) in [6.07, 6.45) is 5.94. The Hall–Kier alpha value is -2.28. The summed E-state index contributed by atoms with van der Waals surface area (Å²) in [6, 6.07) is 8.58. The Bertz CT molecular complexity index is 682. The summed E-state index contributed by atoms with van der Waals surface area (Å²) >= 11 is 0. The number of nitrogens with zero attached hydrogens (tertiary/aromatic N) is 2. The molecule has 1 saturated carbocycles. The van der Waals surface area contributed by atoms with Gasteiger partial charge in [0, 0.05) is 38.3 Å².